The zero-order chi connectivity index (χ0) is 18.9. The third kappa shape index (κ3) is 11.9. The van der Waals surface area contributed by atoms with E-state index in [-0.39, 0.29) is 11.1 Å². The molecule has 0 atom stereocenters. The third-order valence-corrected chi connectivity index (χ3v) is 8.75. The topological polar surface area (TPSA) is 59.6 Å². The molecule has 0 saturated carbocycles. The summed E-state index contributed by atoms with van der Waals surface area (Å²) < 4.78 is 11.3. The van der Waals surface area contributed by atoms with Crippen molar-refractivity contribution in [2.45, 2.75) is 84.5 Å². The SMILES string of the molecule is CC(C)(C)OC(=O)NCCCCNCCCO[Si](C)(C)C(C)(C)C. The van der Waals surface area contributed by atoms with E-state index < -0.39 is 13.9 Å². The number of nitrogens with one attached hydrogen (secondary N) is 2. The molecule has 144 valence electrons. The van der Waals surface area contributed by atoms with Gasteiger partial charge in [0.1, 0.15) is 5.60 Å². The summed E-state index contributed by atoms with van der Waals surface area (Å²) in [5.74, 6) is 0. The molecule has 0 bridgehead atoms. The molecule has 0 aromatic heterocycles. The van der Waals surface area contributed by atoms with Crippen molar-refractivity contribution in [3.05, 3.63) is 0 Å². The molecule has 0 radical (unpaired) electrons. The first-order valence-electron chi connectivity index (χ1n) is 9.17. The minimum atomic E-state index is -1.60. The van der Waals surface area contributed by atoms with Crippen molar-refractivity contribution >= 4 is 14.4 Å². The van der Waals surface area contributed by atoms with Crippen LogP contribution in [-0.2, 0) is 9.16 Å². The quantitative estimate of drug-likeness (QED) is 0.450. The first-order valence-corrected chi connectivity index (χ1v) is 12.1. The predicted molar refractivity (Wildman–Crippen MR) is 104 cm³/mol. The summed E-state index contributed by atoms with van der Waals surface area (Å²) >= 11 is 0. The maximum atomic E-state index is 11.5. The number of alkyl carbamates (subject to hydrolysis) is 1. The lowest BCUT2D eigenvalue weighted by molar-refractivity contribution is 0.0527. The Balaban J connectivity index is 3.48. The second kappa shape index (κ2) is 10.4. The Morgan fingerprint density at radius 2 is 1.46 bits per heavy atom. The fourth-order valence-electron chi connectivity index (χ4n) is 1.75. The minimum Gasteiger partial charge on any atom is -0.444 e. The van der Waals surface area contributed by atoms with Crippen molar-refractivity contribution < 1.29 is 14.0 Å². The van der Waals surface area contributed by atoms with Crippen molar-refractivity contribution in [1.82, 2.24) is 10.6 Å². The molecule has 0 aromatic rings. The van der Waals surface area contributed by atoms with Gasteiger partial charge in [0, 0.05) is 13.2 Å². The first-order chi connectivity index (χ1) is 10.9. The molecule has 5 nitrogen and oxygen atoms in total. The number of ether oxygens (including phenoxy) is 1. The van der Waals surface area contributed by atoms with E-state index in [4.69, 9.17) is 9.16 Å². The third-order valence-electron chi connectivity index (χ3n) is 4.22. The van der Waals surface area contributed by atoms with Crippen LogP contribution >= 0.6 is 0 Å². The Hall–Kier alpha value is -0.593. The molecule has 0 saturated heterocycles. The number of unbranched alkanes of at least 4 members (excludes halogenated alkanes) is 1. The monoisotopic (exact) mass is 360 g/mol. The van der Waals surface area contributed by atoms with E-state index in [1.165, 1.54) is 0 Å². The molecule has 0 aliphatic rings. The van der Waals surface area contributed by atoms with Crippen molar-refractivity contribution in [3.63, 3.8) is 0 Å². The molecule has 2 N–H and O–H groups in total. The molecule has 0 spiro atoms. The number of carbonyl (C=O) groups is 1. The molecule has 1 amide bonds. The van der Waals surface area contributed by atoms with Gasteiger partial charge in [0.05, 0.1) is 0 Å². The average molecular weight is 361 g/mol. The minimum absolute atomic E-state index is 0.279. The van der Waals surface area contributed by atoms with Gasteiger partial charge in [-0.15, -0.1) is 0 Å². The van der Waals surface area contributed by atoms with Gasteiger partial charge in [-0.2, -0.15) is 0 Å². The van der Waals surface area contributed by atoms with Crippen molar-refractivity contribution in [2.24, 2.45) is 0 Å². The summed E-state index contributed by atoms with van der Waals surface area (Å²) in [6.45, 7) is 20.4. The number of carbonyl (C=O) groups excluding carboxylic acids is 1. The highest BCUT2D eigenvalue weighted by molar-refractivity contribution is 6.74. The number of hydrogen-bond donors (Lipinski definition) is 2. The largest absolute Gasteiger partial charge is 0.444 e. The molecular formula is C18H40N2O3Si. The maximum absolute atomic E-state index is 11.5. The van der Waals surface area contributed by atoms with Gasteiger partial charge in [0.15, 0.2) is 8.32 Å². The molecule has 0 aromatic carbocycles. The van der Waals surface area contributed by atoms with Crippen molar-refractivity contribution in [1.29, 1.82) is 0 Å². The number of amides is 1. The fourth-order valence-corrected chi connectivity index (χ4v) is 2.83. The van der Waals surface area contributed by atoms with Crippen LogP contribution in [0.25, 0.3) is 0 Å². The van der Waals surface area contributed by atoms with Crippen LogP contribution in [-0.4, -0.2) is 46.3 Å². The Morgan fingerprint density at radius 1 is 0.917 bits per heavy atom. The smallest absolute Gasteiger partial charge is 0.407 e. The van der Waals surface area contributed by atoms with Gasteiger partial charge in [-0.25, -0.2) is 4.79 Å². The van der Waals surface area contributed by atoms with Crippen LogP contribution in [0, 0.1) is 0 Å². The van der Waals surface area contributed by atoms with Crippen LogP contribution in [0.15, 0.2) is 0 Å². The zero-order valence-corrected chi connectivity index (χ0v) is 18.2. The lowest BCUT2D eigenvalue weighted by Gasteiger charge is -2.36. The van der Waals surface area contributed by atoms with E-state index in [9.17, 15) is 4.79 Å². The van der Waals surface area contributed by atoms with Crippen LogP contribution in [0.3, 0.4) is 0 Å². The van der Waals surface area contributed by atoms with Crippen LogP contribution in [0.2, 0.25) is 18.1 Å². The summed E-state index contributed by atoms with van der Waals surface area (Å²) in [4.78, 5) is 11.5. The van der Waals surface area contributed by atoms with Crippen molar-refractivity contribution in [2.75, 3.05) is 26.2 Å². The lowest BCUT2D eigenvalue weighted by Crippen LogP contribution is -2.41. The highest BCUT2D eigenvalue weighted by Crippen LogP contribution is 2.36. The van der Waals surface area contributed by atoms with Crippen LogP contribution in [0.5, 0.6) is 0 Å². The van der Waals surface area contributed by atoms with E-state index in [1.807, 2.05) is 20.8 Å². The first kappa shape index (κ1) is 23.4. The summed E-state index contributed by atoms with van der Waals surface area (Å²) in [5.41, 5.74) is -0.432. The van der Waals surface area contributed by atoms with E-state index in [0.717, 1.165) is 39.0 Å². The van der Waals surface area contributed by atoms with E-state index >= 15 is 0 Å². The van der Waals surface area contributed by atoms with Gasteiger partial charge in [0.2, 0.25) is 0 Å². The fraction of sp³-hybridized carbons (Fsp3) is 0.944. The Bertz CT molecular complexity index is 360. The van der Waals surface area contributed by atoms with Crippen LogP contribution in [0.4, 0.5) is 4.79 Å². The summed E-state index contributed by atoms with van der Waals surface area (Å²) in [7, 11) is -1.60. The average Bonchev–Trinajstić information content (AvgIpc) is 2.37. The van der Waals surface area contributed by atoms with Crippen LogP contribution < -0.4 is 10.6 Å². The van der Waals surface area contributed by atoms with E-state index in [0.29, 0.717) is 6.54 Å². The molecule has 24 heavy (non-hydrogen) atoms. The Morgan fingerprint density at radius 3 is 2.00 bits per heavy atom. The van der Waals surface area contributed by atoms with Crippen molar-refractivity contribution in [3.8, 4) is 0 Å². The van der Waals surface area contributed by atoms with Gasteiger partial charge in [-0.3, -0.25) is 0 Å². The summed E-state index contributed by atoms with van der Waals surface area (Å²) in [5, 5.41) is 6.48. The zero-order valence-electron chi connectivity index (χ0n) is 17.2. The highest BCUT2D eigenvalue weighted by atomic mass is 28.4. The van der Waals surface area contributed by atoms with Gasteiger partial charge >= 0.3 is 6.09 Å². The molecule has 0 heterocycles. The molecule has 0 rings (SSSR count). The van der Waals surface area contributed by atoms with E-state index in [1.54, 1.807) is 0 Å². The molecular weight excluding hydrogens is 320 g/mol. The Labute approximate surface area is 150 Å². The number of rotatable bonds is 10. The highest BCUT2D eigenvalue weighted by Gasteiger charge is 2.36. The standard InChI is InChI=1S/C18H40N2O3Si/c1-17(2,3)23-16(21)20-14-10-9-12-19-13-11-15-22-24(7,8)18(4,5)6/h19H,9-15H2,1-8H3,(H,20,21). The second-order valence-electron chi connectivity index (χ2n) is 8.85. The maximum Gasteiger partial charge on any atom is 0.407 e. The molecule has 0 aliphatic heterocycles. The Kier molecular flexibility index (Phi) is 10.2. The lowest BCUT2D eigenvalue weighted by atomic mass is 10.2. The van der Waals surface area contributed by atoms with Crippen LogP contribution in [0.1, 0.15) is 60.8 Å². The summed E-state index contributed by atoms with van der Waals surface area (Å²) in [6, 6.07) is 0. The molecule has 0 fully saturated rings. The van der Waals surface area contributed by atoms with Gasteiger partial charge in [-0.05, 0) is 71.3 Å². The second-order valence-corrected chi connectivity index (χ2v) is 13.7. The van der Waals surface area contributed by atoms with Gasteiger partial charge < -0.3 is 19.8 Å². The normalized spacial score (nSPS) is 13.0. The molecule has 0 unspecified atom stereocenters. The molecule has 6 heteroatoms. The summed E-state index contributed by atoms with van der Waals surface area (Å²) in [6.07, 6.45) is 2.70. The molecule has 0 aliphatic carbocycles. The van der Waals surface area contributed by atoms with Gasteiger partial charge in [-0.1, -0.05) is 20.8 Å². The predicted octanol–water partition coefficient (Wildman–Crippen LogP) is 4.29. The van der Waals surface area contributed by atoms with Gasteiger partial charge in [0.25, 0.3) is 0 Å². The van der Waals surface area contributed by atoms with E-state index in [2.05, 4.69) is 44.5 Å². The number of hydrogen-bond acceptors (Lipinski definition) is 4.